The van der Waals surface area contributed by atoms with Crippen LogP contribution in [-0.4, -0.2) is 11.6 Å². The summed E-state index contributed by atoms with van der Waals surface area (Å²) in [6.45, 7) is 2.58. The molecule has 1 N–H and O–H groups in total. The van der Waals surface area contributed by atoms with E-state index in [0.717, 1.165) is 17.0 Å². The second-order valence-electron chi connectivity index (χ2n) is 3.40. The van der Waals surface area contributed by atoms with Gasteiger partial charge in [0.2, 0.25) is 0 Å². The van der Waals surface area contributed by atoms with E-state index < -0.39 is 0 Å². The van der Waals surface area contributed by atoms with Crippen molar-refractivity contribution < 1.29 is 4.74 Å². The molecule has 0 aliphatic carbocycles. The third-order valence-corrected chi connectivity index (χ3v) is 2.23. The second kappa shape index (κ2) is 4.66. The molecule has 0 atom stereocenters. The number of nitrogens with one attached hydrogen (secondary N) is 1. The largest absolute Gasteiger partial charge is 0.494 e. The van der Waals surface area contributed by atoms with Crippen LogP contribution in [-0.2, 0) is 0 Å². The van der Waals surface area contributed by atoms with Crippen LogP contribution in [0.15, 0.2) is 47.4 Å². The summed E-state index contributed by atoms with van der Waals surface area (Å²) in [6, 6.07) is 10.7. The number of rotatable bonds is 3. The van der Waals surface area contributed by atoms with Gasteiger partial charge < -0.3 is 9.72 Å². The first-order chi connectivity index (χ1) is 7.79. The predicted molar refractivity (Wildman–Crippen MR) is 63.7 cm³/mol. The molecule has 0 unspecified atom stereocenters. The third kappa shape index (κ3) is 2.31. The Balaban J connectivity index is 2.40. The van der Waals surface area contributed by atoms with Crippen molar-refractivity contribution in [3.8, 4) is 17.0 Å². The van der Waals surface area contributed by atoms with Crippen LogP contribution in [0.5, 0.6) is 5.75 Å². The van der Waals surface area contributed by atoms with Gasteiger partial charge in [-0.05, 0) is 19.1 Å². The normalized spacial score (nSPS) is 10.1. The zero-order valence-electron chi connectivity index (χ0n) is 9.07. The summed E-state index contributed by atoms with van der Waals surface area (Å²) in [6.07, 6.45) is 1.64. The highest BCUT2D eigenvalue weighted by molar-refractivity contribution is 5.60. The van der Waals surface area contributed by atoms with Gasteiger partial charge in [0.15, 0.2) is 5.43 Å². The smallest absolute Gasteiger partial charge is 0.182 e. The van der Waals surface area contributed by atoms with Crippen LogP contribution >= 0.6 is 0 Å². The first kappa shape index (κ1) is 10.5. The average Bonchev–Trinajstić information content (AvgIpc) is 2.30. The topological polar surface area (TPSA) is 42.1 Å². The minimum absolute atomic E-state index is 0.00411. The molecule has 82 valence electrons. The number of aromatic nitrogens is 1. The second-order valence-corrected chi connectivity index (χ2v) is 3.40. The van der Waals surface area contributed by atoms with Crippen molar-refractivity contribution in [1.29, 1.82) is 0 Å². The summed E-state index contributed by atoms with van der Waals surface area (Å²) in [5.41, 5.74) is 1.74. The molecule has 0 spiro atoms. The number of H-pyrrole nitrogens is 1. The van der Waals surface area contributed by atoms with Gasteiger partial charge in [-0.2, -0.15) is 0 Å². The Labute approximate surface area is 93.7 Å². The van der Waals surface area contributed by atoms with Crippen molar-refractivity contribution in [3.05, 3.63) is 52.8 Å². The summed E-state index contributed by atoms with van der Waals surface area (Å²) in [5, 5.41) is 0. The lowest BCUT2D eigenvalue weighted by Gasteiger charge is -2.05. The zero-order valence-corrected chi connectivity index (χ0v) is 9.07. The van der Waals surface area contributed by atoms with E-state index in [2.05, 4.69) is 4.98 Å². The molecule has 0 saturated carbocycles. The first-order valence-corrected chi connectivity index (χ1v) is 5.21. The van der Waals surface area contributed by atoms with Crippen molar-refractivity contribution in [1.82, 2.24) is 4.98 Å². The maximum absolute atomic E-state index is 11.2. The minimum Gasteiger partial charge on any atom is -0.494 e. The SMILES string of the molecule is CCOc1cccc(-c2cc(=O)cc[nH]2)c1. The van der Waals surface area contributed by atoms with Gasteiger partial charge in [-0.15, -0.1) is 0 Å². The molecule has 0 aliphatic heterocycles. The van der Waals surface area contributed by atoms with Crippen LogP contribution in [0, 0.1) is 0 Å². The van der Waals surface area contributed by atoms with Gasteiger partial charge >= 0.3 is 0 Å². The standard InChI is InChI=1S/C13H13NO2/c1-2-16-12-5-3-4-10(8-12)13-9-11(15)6-7-14-13/h3-9H,2H2,1H3,(H,14,15). The van der Waals surface area contributed by atoms with Crippen molar-refractivity contribution in [3.63, 3.8) is 0 Å². The molecule has 0 bridgehead atoms. The van der Waals surface area contributed by atoms with Gasteiger partial charge in [0.05, 0.1) is 6.61 Å². The quantitative estimate of drug-likeness (QED) is 0.854. The Morgan fingerprint density at radius 3 is 2.88 bits per heavy atom. The summed E-state index contributed by atoms with van der Waals surface area (Å²) in [7, 11) is 0. The lowest BCUT2D eigenvalue weighted by Crippen LogP contribution is -1.98. The maximum Gasteiger partial charge on any atom is 0.182 e. The number of hydrogen-bond donors (Lipinski definition) is 1. The number of benzene rings is 1. The van der Waals surface area contributed by atoms with Gasteiger partial charge in [-0.25, -0.2) is 0 Å². The van der Waals surface area contributed by atoms with Crippen molar-refractivity contribution in [2.75, 3.05) is 6.61 Å². The summed E-state index contributed by atoms with van der Waals surface area (Å²) >= 11 is 0. The third-order valence-electron chi connectivity index (χ3n) is 2.23. The summed E-state index contributed by atoms with van der Waals surface area (Å²) in [5.74, 6) is 0.810. The molecular weight excluding hydrogens is 202 g/mol. The molecule has 1 heterocycles. The molecule has 16 heavy (non-hydrogen) atoms. The van der Waals surface area contributed by atoms with E-state index in [4.69, 9.17) is 4.74 Å². The van der Waals surface area contributed by atoms with Crippen LogP contribution in [0.4, 0.5) is 0 Å². The number of aromatic amines is 1. The van der Waals surface area contributed by atoms with Gasteiger partial charge in [0.25, 0.3) is 0 Å². The molecule has 2 aromatic rings. The zero-order chi connectivity index (χ0) is 11.4. The average molecular weight is 215 g/mol. The highest BCUT2D eigenvalue weighted by atomic mass is 16.5. The fourth-order valence-electron chi connectivity index (χ4n) is 1.53. The number of hydrogen-bond acceptors (Lipinski definition) is 2. The molecule has 0 saturated heterocycles. The Bertz CT molecular complexity index is 531. The van der Waals surface area contributed by atoms with Crippen molar-refractivity contribution in [2.45, 2.75) is 6.92 Å². The van der Waals surface area contributed by atoms with Crippen LogP contribution in [0.1, 0.15) is 6.92 Å². The predicted octanol–water partition coefficient (Wildman–Crippen LogP) is 2.44. The van der Waals surface area contributed by atoms with E-state index in [9.17, 15) is 4.79 Å². The molecule has 1 aromatic carbocycles. The molecule has 0 radical (unpaired) electrons. The van der Waals surface area contributed by atoms with E-state index >= 15 is 0 Å². The summed E-state index contributed by atoms with van der Waals surface area (Å²) in [4.78, 5) is 14.3. The molecule has 3 nitrogen and oxygen atoms in total. The molecule has 1 aromatic heterocycles. The van der Waals surface area contributed by atoms with E-state index in [1.807, 2.05) is 31.2 Å². The van der Waals surface area contributed by atoms with Gasteiger partial charge in [0.1, 0.15) is 5.75 Å². The fourth-order valence-corrected chi connectivity index (χ4v) is 1.53. The Hall–Kier alpha value is -2.03. The van der Waals surface area contributed by atoms with Crippen LogP contribution in [0.25, 0.3) is 11.3 Å². The number of ether oxygens (including phenoxy) is 1. The molecule has 2 rings (SSSR count). The van der Waals surface area contributed by atoms with E-state index in [1.165, 1.54) is 6.07 Å². The molecule has 0 fully saturated rings. The highest BCUT2D eigenvalue weighted by Crippen LogP contribution is 2.20. The molecule has 0 amide bonds. The first-order valence-electron chi connectivity index (χ1n) is 5.21. The van der Waals surface area contributed by atoms with E-state index in [-0.39, 0.29) is 5.43 Å². The van der Waals surface area contributed by atoms with Crippen molar-refractivity contribution in [2.24, 2.45) is 0 Å². The lowest BCUT2D eigenvalue weighted by atomic mass is 10.1. The fraction of sp³-hybridized carbons (Fsp3) is 0.154. The summed E-state index contributed by atoms with van der Waals surface area (Å²) < 4.78 is 5.41. The van der Waals surface area contributed by atoms with Gasteiger partial charge in [-0.1, -0.05) is 12.1 Å². The van der Waals surface area contributed by atoms with Crippen molar-refractivity contribution >= 4 is 0 Å². The van der Waals surface area contributed by atoms with E-state index in [0.29, 0.717) is 6.61 Å². The van der Waals surface area contributed by atoms with Crippen LogP contribution < -0.4 is 10.2 Å². The number of pyridine rings is 1. The molecule has 3 heteroatoms. The highest BCUT2D eigenvalue weighted by Gasteiger charge is 2.00. The van der Waals surface area contributed by atoms with Crippen LogP contribution in [0.2, 0.25) is 0 Å². The lowest BCUT2D eigenvalue weighted by molar-refractivity contribution is 0.340. The Morgan fingerprint density at radius 1 is 1.25 bits per heavy atom. The van der Waals surface area contributed by atoms with Gasteiger partial charge in [-0.3, -0.25) is 4.79 Å². The van der Waals surface area contributed by atoms with E-state index in [1.54, 1.807) is 12.3 Å². The molecule has 0 aliphatic rings. The molecular formula is C13H13NO2. The monoisotopic (exact) mass is 215 g/mol. The van der Waals surface area contributed by atoms with Gasteiger partial charge in [0, 0.05) is 29.6 Å². The Morgan fingerprint density at radius 2 is 2.12 bits per heavy atom. The minimum atomic E-state index is -0.00411. The Kier molecular flexibility index (Phi) is 3.05. The maximum atomic E-state index is 11.2. The van der Waals surface area contributed by atoms with Crippen LogP contribution in [0.3, 0.4) is 0 Å².